The molecule has 112 valence electrons. The van der Waals surface area contributed by atoms with Crippen molar-refractivity contribution in [3.05, 3.63) is 0 Å². The second-order valence-electron chi connectivity index (χ2n) is 7.14. The van der Waals surface area contributed by atoms with Gasteiger partial charge in [0.05, 0.1) is 5.92 Å². The number of hydrogen-bond donors (Lipinski definition) is 0. The molecule has 0 aromatic carbocycles. The first-order chi connectivity index (χ1) is 9.46. The third-order valence-corrected chi connectivity index (χ3v) is 5.97. The van der Waals surface area contributed by atoms with Crippen molar-refractivity contribution in [1.29, 1.82) is 0 Å². The van der Waals surface area contributed by atoms with Crippen LogP contribution in [0.1, 0.15) is 46.5 Å². The van der Waals surface area contributed by atoms with Gasteiger partial charge >= 0.3 is 5.97 Å². The Bertz CT molecular complexity index is 452. The molecule has 1 spiro atoms. The molecule has 5 rings (SSSR count). The van der Waals surface area contributed by atoms with Gasteiger partial charge in [0.2, 0.25) is 12.1 Å². The molecule has 0 radical (unpaired) electrons. The molecule has 0 aromatic rings. The predicted molar refractivity (Wildman–Crippen MR) is 68.0 cm³/mol. The van der Waals surface area contributed by atoms with E-state index in [1.807, 2.05) is 13.8 Å². The van der Waals surface area contributed by atoms with Gasteiger partial charge in [-0.2, -0.15) is 0 Å². The summed E-state index contributed by atoms with van der Waals surface area (Å²) < 4.78 is 11.6. The lowest BCUT2D eigenvalue weighted by atomic mass is 9.58. The minimum absolute atomic E-state index is 0.123. The van der Waals surface area contributed by atoms with Gasteiger partial charge in [-0.25, -0.2) is 9.78 Å². The van der Waals surface area contributed by atoms with Gasteiger partial charge in [-0.1, -0.05) is 13.8 Å². The van der Waals surface area contributed by atoms with Gasteiger partial charge in [0, 0.05) is 18.3 Å². The first kappa shape index (κ1) is 13.0. The molecule has 1 saturated carbocycles. The van der Waals surface area contributed by atoms with E-state index in [0.29, 0.717) is 11.8 Å². The van der Waals surface area contributed by atoms with Crippen LogP contribution in [0.2, 0.25) is 0 Å². The lowest BCUT2D eigenvalue weighted by molar-refractivity contribution is -0.559. The van der Waals surface area contributed by atoms with E-state index in [1.54, 1.807) is 0 Å². The number of fused-ring (bicyclic) bond motifs is 2. The molecule has 1 aliphatic carbocycles. The molecule has 0 N–H and O–H groups in total. The van der Waals surface area contributed by atoms with E-state index in [0.717, 1.165) is 25.7 Å². The van der Waals surface area contributed by atoms with Gasteiger partial charge in [-0.05, 0) is 32.1 Å². The summed E-state index contributed by atoms with van der Waals surface area (Å²) in [5, 5.41) is 0. The lowest BCUT2D eigenvalue weighted by Crippen LogP contribution is -2.69. The lowest BCUT2D eigenvalue weighted by Gasteiger charge is -2.57. The summed E-state index contributed by atoms with van der Waals surface area (Å²) in [5.41, 5.74) is -0.610. The highest BCUT2D eigenvalue weighted by Crippen LogP contribution is 2.59. The second-order valence-corrected chi connectivity index (χ2v) is 7.14. The van der Waals surface area contributed by atoms with E-state index >= 15 is 0 Å². The van der Waals surface area contributed by atoms with E-state index in [9.17, 15) is 4.79 Å². The van der Waals surface area contributed by atoms with Gasteiger partial charge in [-0.3, -0.25) is 4.79 Å². The third-order valence-electron chi connectivity index (χ3n) is 5.97. The zero-order chi connectivity index (χ0) is 14.1. The van der Waals surface area contributed by atoms with E-state index < -0.39 is 17.7 Å². The summed E-state index contributed by atoms with van der Waals surface area (Å²) in [6.07, 6.45) is 3.24. The van der Waals surface area contributed by atoms with E-state index in [1.165, 1.54) is 0 Å². The quantitative estimate of drug-likeness (QED) is 0.504. The van der Waals surface area contributed by atoms with Gasteiger partial charge in [0.25, 0.3) is 0 Å². The van der Waals surface area contributed by atoms with Crippen molar-refractivity contribution in [2.75, 3.05) is 0 Å². The van der Waals surface area contributed by atoms with Gasteiger partial charge in [0.1, 0.15) is 0 Å². The van der Waals surface area contributed by atoms with E-state index in [4.69, 9.17) is 19.2 Å². The number of hydrogen-bond acceptors (Lipinski definition) is 5. The maximum atomic E-state index is 12.1. The summed E-state index contributed by atoms with van der Waals surface area (Å²) in [6.45, 7) is 6.06. The normalized spacial score (nSPS) is 57.8. The van der Waals surface area contributed by atoms with Crippen molar-refractivity contribution in [3.63, 3.8) is 0 Å². The van der Waals surface area contributed by atoms with Crippen LogP contribution in [0, 0.1) is 23.7 Å². The molecule has 5 nitrogen and oxygen atoms in total. The summed E-state index contributed by atoms with van der Waals surface area (Å²) in [7, 11) is 0. The molecule has 0 amide bonds. The van der Waals surface area contributed by atoms with Crippen LogP contribution in [0.25, 0.3) is 0 Å². The second kappa shape index (κ2) is 3.96. The summed E-state index contributed by atoms with van der Waals surface area (Å²) in [6, 6.07) is 0. The Morgan fingerprint density at radius 2 is 1.90 bits per heavy atom. The van der Waals surface area contributed by atoms with Crippen LogP contribution < -0.4 is 0 Å². The minimum atomic E-state index is -0.793. The molecule has 4 heterocycles. The van der Waals surface area contributed by atoms with Crippen molar-refractivity contribution < 1.29 is 24.0 Å². The highest BCUT2D eigenvalue weighted by atomic mass is 17.3. The van der Waals surface area contributed by atoms with Gasteiger partial charge in [-0.15, -0.1) is 0 Å². The van der Waals surface area contributed by atoms with Crippen LogP contribution in [-0.4, -0.2) is 23.6 Å². The fourth-order valence-electron chi connectivity index (χ4n) is 4.76. The molecule has 5 aliphatic rings. The molecule has 0 unspecified atom stereocenters. The van der Waals surface area contributed by atoms with Gasteiger partial charge < -0.3 is 9.47 Å². The molecule has 4 saturated heterocycles. The SMILES string of the molecule is C[C@H]1CC[C@H]2[C@@H](C)C(=O)O[C@H]3O[C@]4(C)CC[C@H]1[C@@]32OO4. The molecule has 0 aromatic heterocycles. The van der Waals surface area contributed by atoms with Crippen molar-refractivity contribution >= 4 is 5.97 Å². The molecular formula is C15H22O5. The summed E-state index contributed by atoms with van der Waals surface area (Å²) in [5.74, 6) is -0.137. The first-order valence-corrected chi connectivity index (χ1v) is 7.71. The van der Waals surface area contributed by atoms with Crippen molar-refractivity contribution in [1.82, 2.24) is 0 Å². The Morgan fingerprint density at radius 1 is 1.10 bits per heavy atom. The molecule has 2 bridgehead atoms. The zero-order valence-corrected chi connectivity index (χ0v) is 12.3. The maximum Gasteiger partial charge on any atom is 0.311 e. The average molecular weight is 282 g/mol. The molecule has 7 atom stereocenters. The largest absolute Gasteiger partial charge is 0.432 e. The minimum Gasteiger partial charge on any atom is -0.432 e. The van der Waals surface area contributed by atoms with Crippen molar-refractivity contribution in [2.45, 2.75) is 64.1 Å². The number of ether oxygens (including phenoxy) is 2. The third kappa shape index (κ3) is 1.46. The fraction of sp³-hybridized carbons (Fsp3) is 0.933. The Balaban J connectivity index is 1.84. The van der Waals surface area contributed by atoms with Crippen LogP contribution >= 0.6 is 0 Å². The summed E-state index contributed by atoms with van der Waals surface area (Å²) >= 11 is 0. The van der Waals surface area contributed by atoms with Crippen LogP contribution in [-0.2, 0) is 24.0 Å². The van der Waals surface area contributed by atoms with E-state index in [-0.39, 0.29) is 17.8 Å². The highest BCUT2D eigenvalue weighted by Gasteiger charge is 2.69. The number of carbonyl (C=O) groups is 1. The molecular weight excluding hydrogens is 260 g/mol. The fourth-order valence-corrected chi connectivity index (χ4v) is 4.76. The van der Waals surface area contributed by atoms with E-state index in [2.05, 4.69) is 6.92 Å². The average Bonchev–Trinajstić information content (AvgIpc) is 2.63. The van der Waals surface area contributed by atoms with Crippen LogP contribution in [0.3, 0.4) is 0 Å². The molecule has 5 heteroatoms. The van der Waals surface area contributed by atoms with Crippen LogP contribution in [0.4, 0.5) is 0 Å². The number of rotatable bonds is 0. The van der Waals surface area contributed by atoms with Gasteiger partial charge in [0.15, 0.2) is 5.60 Å². The Morgan fingerprint density at radius 3 is 2.70 bits per heavy atom. The smallest absolute Gasteiger partial charge is 0.311 e. The van der Waals surface area contributed by atoms with Crippen molar-refractivity contribution in [3.8, 4) is 0 Å². The first-order valence-electron chi connectivity index (χ1n) is 7.71. The highest BCUT2D eigenvalue weighted by molar-refractivity contribution is 5.74. The Kier molecular flexibility index (Phi) is 2.58. The number of carbonyl (C=O) groups excluding carboxylic acids is 1. The Hall–Kier alpha value is -0.650. The Labute approximate surface area is 118 Å². The molecule has 4 aliphatic heterocycles. The predicted octanol–water partition coefficient (Wildman–Crippen LogP) is 2.39. The number of esters is 1. The maximum absolute atomic E-state index is 12.1. The topological polar surface area (TPSA) is 54.0 Å². The summed E-state index contributed by atoms with van der Waals surface area (Å²) in [4.78, 5) is 23.7. The standard InChI is InChI=1S/C15H22O5/c1-8-4-5-11-9(2)12(16)17-13-15(11)10(8)6-7-14(3,18-13)19-20-15/h8-11,13H,4-7H2,1-3H3/t8-,9+,10+,11-,13-,14-,15-/m0/s1. The molecule has 5 fully saturated rings. The van der Waals surface area contributed by atoms with Crippen LogP contribution in [0.15, 0.2) is 0 Å². The molecule has 20 heavy (non-hydrogen) atoms. The van der Waals surface area contributed by atoms with Crippen molar-refractivity contribution in [2.24, 2.45) is 23.7 Å². The zero-order valence-electron chi connectivity index (χ0n) is 12.3. The monoisotopic (exact) mass is 282 g/mol. The van der Waals surface area contributed by atoms with Crippen LogP contribution in [0.5, 0.6) is 0 Å².